The fraction of sp³-hybridized carbons (Fsp3) is 0.158. The van der Waals surface area contributed by atoms with Crippen LogP contribution < -0.4 is 11.1 Å². The quantitative estimate of drug-likeness (QED) is 0.320. The zero-order chi connectivity index (χ0) is 20.5. The second-order valence-electron chi connectivity index (χ2n) is 5.45. The number of oxime groups is 1. The Balaban J connectivity index is 2.06. The van der Waals surface area contributed by atoms with E-state index in [2.05, 4.69) is 19.9 Å². The molecule has 0 heterocycles. The van der Waals surface area contributed by atoms with Gasteiger partial charge in [0, 0.05) is 11.3 Å². The minimum Gasteiger partial charge on any atom is -0.465 e. The lowest BCUT2D eigenvalue weighted by Crippen LogP contribution is -2.20. The number of carbonyl (C=O) groups is 3. The summed E-state index contributed by atoms with van der Waals surface area (Å²) in [6.07, 6.45) is 0. The van der Waals surface area contributed by atoms with Crippen molar-refractivity contribution in [2.45, 2.75) is 0 Å². The van der Waals surface area contributed by atoms with E-state index in [0.29, 0.717) is 5.56 Å². The molecule has 0 fully saturated rings. The Bertz CT molecular complexity index is 862. The van der Waals surface area contributed by atoms with Crippen molar-refractivity contribution >= 4 is 29.4 Å². The van der Waals surface area contributed by atoms with Gasteiger partial charge in [-0.1, -0.05) is 35.5 Å². The third kappa shape index (κ3) is 5.56. The standard InChI is InChI=1S/C19H19N3O6/c1-26-18(24)13-8-14(19(25)27-2)10-15(9-13)21-16(23)11-28-22-17(20)12-6-4-3-5-7-12/h3-10H,11H2,1-2H3,(H2,20,22)(H,21,23). The molecular formula is C19H19N3O6. The van der Waals surface area contributed by atoms with Gasteiger partial charge in [0.15, 0.2) is 12.4 Å². The summed E-state index contributed by atoms with van der Waals surface area (Å²) in [4.78, 5) is 40.5. The predicted molar refractivity (Wildman–Crippen MR) is 101 cm³/mol. The number of nitrogens with one attached hydrogen (secondary N) is 1. The largest absolute Gasteiger partial charge is 0.465 e. The fourth-order valence-corrected chi connectivity index (χ4v) is 2.19. The van der Waals surface area contributed by atoms with E-state index in [1.807, 2.05) is 6.07 Å². The van der Waals surface area contributed by atoms with Gasteiger partial charge in [0.25, 0.3) is 5.91 Å². The molecule has 2 aromatic carbocycles. The number of anilines is 1. The minimum atomic E-state index is -0.669. The summed E-state index contributed by atoms with van der Waals surface area (Å²) in [6.45, 7) is -0.427. The van der Waals surface area contributed by atoms with Gasteiger partial charge >= 0.3 is 11.9 Å². The van der Waals surface area contributed by atoms with Crippen molar-refractivity contribution in [3.8, 4) is 0 Å². The third-order valence-corrected chi connectivity index (χ3v) is 3.49. The van der Waals surface area contributed by atoms with Gasteiger partial charge in [0.1, 0.15) is 0 Å². The number of rotatable bonds is 7. The number of benzene rings is 2. The van der Waals surface area contributed by atoms with E-state index in [0.717, 1.165) is 0 Å². The molecule has 0 saturated carbocycles. The highest BCUT2D eigenvalue weighted by Crippen LogP contribution is 2.17. The van der Waals surface area contributed by atoms with E-state index in [1.54, 1.807) is 24.3 Å². The summed E-state index contributed by atoms with van der Waals surface area (Å²) in [7, 11) is 2.41. The number of ether oxygens (including phenoxy) is 2. The highest BCUT2D eigenvalue weighted by Gasteiger charge is 2.15. The molecule has 9 nitrogen and oxygen atoms in total. The molecule has 3 N–H and O–H groups in total. The summed E-state index contributed by atoms with van der Waals surface area (Å²) in [5, 5.41) is 6.18. The summed E-state index contributed by atoms with van der Waals surface area (Å²) < 4.78 is 9.28. The average molecular weight is 385 g/mol. The third-order valence-electron chi connectivity index (χ3n) is 3.49. The first-order valence-electron chi connectivity index (χ1n) is 8.07. The molecule has 2 aromatic rings. The molecule has 0 atom stereocenters. The molecule has 1 amide bonds. The topological polar surface area (TPSA) is 129 Å². The first kappa shape index (κ1) is 20.4. The zero-order valence-corrected chi connectivity index (χ0v) is 15.3. The van der Waals surface area contributed by atoms with Gasteiger partial charge in [0.2, 0.25) is 0 Å². The van der Waals surface area contributed by atoms with Crippen molar-refractivity contribution in [1.29, 1.82) is 0 Å². The van der Waals surface area contributed by atoms with E-state index in [9.17, 15) is 14.4 Å². The van der Waals surface area contributed by atoms with Crippen molar-refractivity contribution in [3.63, 3.8) is 0 Å². The Morgan fingerprint density at radius 2 is 1.50 bits per heavy atom. The van der Waals surface area contributed by atoms with E-state index in [1.165, 1.54) is 32.4 Å². The van der Waals surface area contributed by atoms with E-state index < -0.39 is 24.5 Å². The molecule has 0 unspecified atom stereocenters. The van der Waals surface area contributed by atoms with Crippen LogP contribution in [0.25, 0.3) is 0 Å². The summed E-state index contributed by atoms with van der Waals surface area (Å²) in [6, 6.07) is 12.9. The monoisotopic (exact) mass is 385 g/mol. The highest BCUT2D eigenvalue weighted by atomic mass is 16.6. The maximum atomic E-state index is 12.1. The smallest absolute Gasteiger partial charge is 0.337 e. The highest BCUT2D eigenvalue weighted by molar-refractivity contribution is 6.00. The van der Waals surface area contributed by atoms with Crippen LogP contribution in [0.15, 0.2) is 53.7 Å². The number of amidine groups is 1. The van der Waals surface area contributed by atoms with Crippen LogP contribution in [0, 0.1) is 0 Å². The van der Waals surface area contributed by atoms with Crippen molar-refractivity contribution in [3.05, 3.63) is 65.2 Å². The molecule has 2 rings (SSSR count). The second-order valence-corrected chi connectivity index (χ2v) is 5.45. The number of hydrogen-bond donors (Lipinski definition) is 2. The van der Waals surface area contributed by atoms with Crippen LogP contribution in [0.4, 0.5) is 5.69 Å². The molecule has 9 heteroatoms. The Morgan fingerprint density at radius 3 is 2.04 bits per heavy atom. The molecule has 0 aliphatic heterocycles. The van der Waals surface area contributed by atoms with Crippen LogP contribution in [-0.2, 0) is 19.1 Å². The SMILES string of the molecule is COC(=O)c1cc(NC(=O)CO/N=C(\N)c2ccccc2)cc(C(=O)OC)c1. The molecule has 0 saturated heterocycles. The van der Waals surface area contributed by atoms with Crippen LogP contribution in [0.3, 0.4) is 0 Å². The maximum absolute atomic E-state index is 12.1. The summed E-state index contributed by atoms with van der Waals surface area (Å²) in [5.41, 5.74) is 6.76. The van der Waals surface area contributed by atoms with Crippen molar-refractivity contribution < 1.29 is 28.7 Å². The first-order valence-corrected chi connectivity index (χ1v) is 8.07. The number of esters is 2. The molecule has 0 aromatic heterocycles. The second kappa shape index (κ2) is 9.72. The van der Waals surface area contributed by atoms with E-state index in [-0.39, 0.29) is 22.6 Å². The van der Waals surface area contributed by atoms with Crippen LogP contribution in [-0.4, -0.2) is 44.5 Å². The fourth-order valence-electron chi connectivity index (χ4n) is 2.19. The molecule has 28 heavy (non-hydrogen) atoms. The Hall–Kier alpha value is -3.88. The number of hydrogen-bond acceptors (Lipinski definition) is 7. The molecular weight excluding hydrogens is 366 g/mol. The number of carbonyl (C=O) groups excluding carboxylic acids is 3. The van der Waals surface area contributed by atoms with Crippen LogP contribution in [0.2, 0.25) is 0 Å². The van der Waals surface area contributed by atoms with E-state index in [4.69, 9.17) is 10.6 Å². The van der Waals surface area contributed by atoms with E-state index >= 15 is 0 Å². The van der Waals surface area contributed by atoms with Crippen molar-refractivity contribution in [2.75, 3.05) is 26.1 Å². The van der Waals surface area contributed by atoms with Crippen LogP contribution >= 0.6 is 0 Å². The molecule has 0 aliphatic rings. The number of nitrogens with two attached hydrogens (primary N) is 1. The molecule has 0 radical (unpaired) electrons. The Kier molecular flexibility index (Phi) is 7.09. The van der Waals surface area contributed by atoms with Gasteiger partial charge in [-0.2, -0.15) is 0 Å². The Morgan fingerprint density at radius 1 is 0.929 bits per heavy atom. The average Bonchev–Trinajstić information content (AvgIpc) is 2.72. The lowest BCUT2D eigenvalue weighted by molar-refractivity contribution is -0.120. The van der Waals surface area contributed by atoms with Gasteiger partial charge in [-0.25, -0.2) is 9.59 Å². The summed E-state index contributed by atoms with van der Waals surface area (Å²) in [5.74, 6) is -1.79. The first-order chi connectivity index (χ1) is 13.4. The van der Waals surface area contributed by atoms with Gasteiger partial charge in [-0.05, 0) is 18.2 Å². The lowest BCUT2D eigenvalue weighted by atomic mass is 10.1. The number of nitrogens with zero attached hydrogens (tertiary/aromatic N) is 1. The normalized spacial score (nSPS) is 10.7. The lowest BCUT2D eigenvalue weighted by Gasteiger charge is -2.09. The molecule has 0 spiro atoms. The van der Waals surface area contributed by atoms with Crippen molar-refractivity contribution in [2.24, 2.45) is 10.9 Å². The number of amides is 1. The molecule has 0 bridgehead atoms. The molecule has 0 aliphatic carbocycles. The molecule has 146 valence electrons. The van der Waals surface area contributed by atoms with Crippen LogP contribution in [0.1, 0.15) is 26.3 Å². The van der Waals surface area contributed by atoms with Gasteiger partial charge in [-0.3, -0.25) is 4.79 Å². The zero-order valence-electron chi connectivity index (χ0n) is 15.3. The number of methoxy groups -OCH3 is 2. The van der Waals surface area contributed by atoms with Crippen LogP contribution in [0.5, 0.6) is 0 Å². The Labute approximate surface area is 161 Å². The minimum absolute atomic E-state index is 0.0768. The van der Waals surface area contributed by atoms with Gasteiger partial charge in [-0.15, -0.1) is 0 Å². The van der Waals surface area contributed by atoms with Gasteiger partial charge < -0.3 is 25.4 Å². The summed E-state index contributed by atoms with van der Waals surface area (Å²) >= 11 is 0. The predicted octanol–water partition coefficient (Wildman–Crippen LogP) is 1.54. The maximum Gasteiger partial charge on any atom is 0.337 e. The van der Waals surface area contributed by atoms with Gasteiger partial charge in [0.05, 0.1) is 25.3 Å². The van der Waals surface area contributed by atoms with Crippen molar-refractivity contribution in [1.82, 2.24) is 0 Å².